The number of hydrogen-bond donors (Lipinski definition) is 2. The van der Waals surface area contributed by atoms with Gasteiger partial charge in [-0.15, -0.1) is 0 Å². The quantitative estimate of drug-likeness (QED) is 0.395. The number of rotatable bonds is 2. The Balaban J connectivity index is 0.000000437. The number of carbonyl (C=O) groups is 2. The van der Waals surface area contributed by atoms with E-state index >= 15 is 0 Å². The maximum Gasteiger partial charge on any atom is 0.290 e. The van der Waals surface area contributed by atoms with Crippen LogP contribution in [0.3, 0.4) is 0 Å². The molecular formula is C25H25N3O4. The van der Waals surface area contributed by atoms with E-state index in [1.54, 1.807) is 0 Å². The molecule has 2 N–H and O–H groups in total. The molecule has 0 saturated carbocycles. The number of aromatic nitrogens is 3. The highest BCUT2D eigenvalue weighted by Gasteiger charge is 2.18. The van der Waals surface area contributed by atoms with Crippen LogP contribution in [-0.4, -0.2) is 36.9 Å². The van der Waals surface area contributed by atoms with Crippen molar-refractivity contribution in [1.82, 2.24) is 13.7 Å². The van der Waals surface area contributed by atoms with Crippen LogP contribution in [0.4, 0.5) is 0 Å². The second kappa shape index (κ2) is 9.70. The number of fused-ring (bicyclic) bond motifs is 2. The van der Waals surface area contributed by atoms with E-state index in [2.05, 4.69) is 108 Å². The summed E-state index contributed by atoms with van der Waals surface area (Å²) in [7, 11) is 6.34. The number of aryl methyl sites for hydroxylation is 3. The van der Waals surface area contributed by atoms with E-state index in [1.807, 2.05) is 0 Å². The van der Waals surface area contributed by atoms with Crippen LogP contribution in [-0.2, 0) is 30.7 Å². The molecule has 0 saturated heterocycles. The van der Waals surface area contributed by atoms with Gasteiger partial charge in [-0.25, -0.2) is 0 Å². The predicted molar refractivity (Wildman–Crippen MR) is 127 cm³/mol. The van der Waals surface area contributed by atoms with E-state index < -0.39 is 0 Å². The van der Waals surface area contributed by atoms with Crippen molar-refractivity contribution in [3.63, 3.8) is 0 Å². The van der Waals surface area contributed by atoms with Crippen LogP contribution >= 0.6 is 0 Å². The van der Waals surface area contributed by atoms with Crippen LogP contribution in [0.5, 0.6) is 0 Å². The highest BCUT2D eigenvalue weighted by molar-refractivity contribution is 6.04. The minimum absolute atomic E-state index is 0.250. The predicted octanol–water partition coefficient (Wildman–Crippen LogP) is 4.74. The lowest BCUT2D eigenvalue weighted by Gasteiger charge is -2.02. The molecule has 7 heteroatoms. The lowest BCUT2D eigenvalue weighted by atomic mass is 9.98. The van der Waals surface area contributed by atoms with Crippen molar-refractivity contribution in [2.24, 2.45) is 21.1 Å². The molecule has 32 heavy (non-hydrogen) atoms. The third kappa shape index (κ3) is 4.13. The van der Waals surface area contributed by atoms with Gasteiger partial charge in [0.05, 0.1) is 0 Å². The zero-order chi connectivity index (χ0) is 23.3. The first-order valence-corrected chi connectivity index (χ1v) is 9.87. The Morgan fingerprint density at radius 2 is 0.938 bits per heavy atom. The minimum Gasteiger partial charge on any atom is -0.483 e. The molecule has 3 aromatic heterocycles. The zero-order valence-electron chi connectivity index (χ0n) is 18.1. The molecule has 0 unspecified atom stereocenters. The Kier molecular flexibility index (Phi) is 6.80. The number of nitrogens with zero attached hydrogens (tertiary/aromatic N) is 3. The van der Waals surface area contributed by atoms with Gasteiger partial charge in [-0.2, -0.15) is 0 Å². The lowest BCUT2D eigenvalue weighted by Crippen LogP contribution is -1.82. The van der Waals surface area contributed by atoms with E-state index in [1.165, 1.54) is 44.1 Å². The summed E-state index contributed by atoms with van der Waals surface area (Å²) in [5.41, 5.74) is 7.64. The SMILES string of the molecule is Cn1cc(-c2cn(C)c3ccccc23)c(-c2cn(C)c3ccccc23)c1.O=CO.O=CO. The first kappa shape index (κ1) is 22.4. The standard InChI is InChI=1S/C23H21N3.2CH2O2/c1-24-12-18(20-14-25(2)22-10-6-4-8-16(20)22)19(13-24)21-15-26(3)23-11-7-5-9-17(21)23;2*2-1-3/h4-15H,1-3H3;2*1H,(H,2,3). The fourth-order valence-corrected chi connectivity index (χ4v) is 4.13. The van der Waals surface area contributed by atoms with Crippen molar-refractivity contribution >= 4 is 34.8 Å². The molecule has 164 valence electrons. The molecular weight excluding hydrogens is 406 g/mol. The third-order valence-corrected chi connectivity index (χ3v) is 5.33. The van der Waals surface area contributed by atoms with E-state index in [4.69, 9.17) is 19.8 Å². The molecule has 0 radical (unpaired) electrons. The molecule has 0 fully saturated rings. The average molecular weight is 431 g/mol. The first-order valence-electron chi connectivity index (χ1n) is 9.87. The average Bonchev–Trinajstić information content (AvgIpc) is 3.43. The first-order chi connectivity index (χ1) is 15.5. The molecule has 0 aliphatic carbocycles. The van der Waals surface area contributed by atoms with Gasteiger partial charge in [0.1, 0.15) is 0 Å². The maximum atomic E-state index is 8.36. The summed E-state index contributed by atoms with van der Waals surface area (Å²) in [5.74, 6) is 0. The molecule has 2 aromatic carbocycles. The maximum absolute atomic E-state index is 8.36. The molecule has 3 heterocycles. The molecule has 0 bridgehead atoms. The normalized spacial score (nSPS) is 10.2. The van der Waals surface area contributed by atoms with Gasteiger partial charge in [-0.1, -0.05) is 36.4 Å². The highest BCUT2D eigenvalue weighted by atomic mass is 16.3. The van der Waals surface area contributed by atoms with Gasteiger partial charge in [-0.3, -0.25) is 9.59 Å². The van der Waals surface area contributed by atoms with Crippen LogP contribution in [0.15, 0.2) is 73.3 Å². The fourth-order valence-electron chi connectivity index (χ4n) is 4.13. The molecule has 0 amide bonds. The molecule has 7 nitrogen and oxygen atoms in total. The minimum atomic E-state index is -0.250. The summed E-state index contributed by atoms with van der Waals surface area (Å²) in [6.07, 6.45) is 8.96. The molecule has 0 atom stereocenters. The van der Waals surface area contributed by atoms with Gasteiger partial charge < -0.3 is 23.9 Å². The van der Waals surface area contributed by atoms with Crippen molar-refractivity contribution in [2.75, 3.05) is 0 Å². The fraction of sp³-hybridized carbons (Fsp3) is 0.120. The highest BCUT2D eigenvalue weighted by Crippen LogP contribution is 2.40. The summed E-state index contributed by atoms with van der Waals surface area (Å²) in [6.45, 7) is -0.500. The topological polar surface area (TPSA) is 89.4 Å². The second-order valence-corrected chi connectivity index (χ2v) is 7.30. The van der Waals surface area contributed by atoms with Crippen LogP contribution in [0.2, 0.25) is 0 Å². The van der Waals surface area contributed by atoms with E-state index in [0.717, 1.165) is 0 Å². The summed E-state index contributed by atoms with van der Waals surface area (Å²) in [6, 6.07) is 17.2. The Labute approximate surface area is 185 Å². The third-order valence-electron chi connectivity index (χ3n) is 5.33. The Bertz CT molecular complexity index is 1270. The van der Waals surface area contributed by atoms with Crippen molar-refractivity contribution in [1.29, 1.82) is 0 Å². The molecule has 0 aliphatic rings. The Morgan fingerprint density at radius 3 is 1.31 bits per heavy atom. The van der Waals surface area contributed by atoms with E-state index in [0.29, 0.717) is 0 Å². The second-order valence-electron chi connectivity index (χ2n) is 7.30. The number of benzene rings is 2. The van der Waals surface area contributed by atoms with Gasteiger partial charge in [0.15, 0.2) is 0 Å². The number of hydrogen-bond acceptors (Lipinski definition) is 2. The van der Waals surface area contributed by atoms with E-state index in [-0.39, 0.29) is 12.9 Å². The Hall–Kier alpha value is -4.26. The summed E-state index contributed by atoms with van der Waals surface area (Å²) >= 11 is 0. The summed E-state index contributed by atoms with van der Waals surface area (Å²) < 4.78 is 6.59. The van der Waals surface area contributed by atoms with Crippen molar-refractivity contribution in [3.8, 4) is 22.3 Å². The lowest BCUT2D eigenvalue weighted by molar-refractivity contribution is -0.123. The molecule has 0 spiro atoms. The number of para-hydroxylation sites is 2. The van der Waals surface area contributed by atoms with E-state index in [9.17, 15) is 0 Å². The smallest absolute Gasteiger partial charge is 0.290 e. The van der Waals surface area contributed by atoms with Gasteiger partial charge in [-0.05, 0) is 12.1 Å². The van der Waals surface area contributed by atoms with Crippen molar-refractivity contribution in [3.05, 3.63) is 73.3 Å². The van der Waals surface area contributed by atoms with Crippen molar-refractivity contribution < 1.29 is 19.8 Å². The molecule has 5 aromatic rings. The van der Waals surface area contributed by atoms with Crippen LogP contribution < -0.4 is 0 Å². The van der Waals surface area contributed by atoms with Gasteiger partial charge in [0.25, 0.3) is 12.9 Å². The zero-order valence-corrected chi connectivity index (χ0v) is 18.1. The van der Waals surface area contributed by atoms with Gasteiger partial charge in [0.2, 0.25) is 0 Å². The van der Waals surface area contributed by atoms with Crippen LogP contribution in [0.25, 0.3) is 44.1 Å². The van der Waals surface area contributed by atoms with Gasteiger partial charge >= 0.3 is 0 Å². The largest absolute Gasteiger partial charge is 0.483 e. The number of carboxylic acid groups (broad SMARTS) is 2. The monoisotopic (exact) mass is 431 g/mol. The Morgan fingerprint density at radius 1 is 0.594 bits per heavy atom. The van der Waals surface area contributed by atoms with Crippen LogP contribution in [0.1, 0.15) is 0 Å². The molecule has 0 aliphatic heterocycles. The van der Waals surface area contributed by atoms with Crippen LogP contribution in [0, 0.1) is 0 Å². The summed E-state index contributed by atoms with van der Waals surface area (Å²) in [5, 5.41) is 16.4. The van der Waals surface area contributed by atoms with Crippen molar-refractivity contribution in [2.45, 2.75) is 0 Å². The van der Waals surface area contributed by atoms with Gasteiger partial charge in [0, 0.05) is 90.0 Å². The summed E-state index contributed by atoms with van der Waals surface area (Å²) in [4.78, 5) is 16.7. The molecule has 5 rings (SSSR count).